The van der Waals surface area contributed by atoms with Gasteiger partial charge in [0.25, 0.3) is 0 Å². The van der Waals surface area contributed by atoms with Gasteiger partial charge in [0, 0.05) is 13.2 Å². The lowest BCUT2D eigenvalue weighted by molar-refractivity contribution is -0.146. The zero-order valence-electron chi connectivity index (χ0n) is 11.2. The summed E-state index contributed by atoms with van der Waals surface area (Å²) in [6.07, 6.45) is 0.824. The molecule has 4 N–H and O–H groups in total. The first kappa shape index (κ1) is 14.9. The number of rotatable bonds is 3. The minimum atomic E-state index is -1.05. The van der Waals surface area contributed by atoms with Crippen molar-refractivity contribution in [3.63, 3.8) is 0 Å². The number of hydrogen-bond donors (Lipinski definition) is 3. The summed E-state index contributed by atoms with van der Waals surface area (Å²) in [4.78, 5) is 23.3. The van der Waals surface area contributed by atoms with Crippen molar-refractivity contribution >= 4 is 11.9 Å². The lowest BCUT2D eigenvalue weighted by Crippen LogP contribution is -2.61. The van der Waals surface area contributed by atoms with Crippen LogP contribution in [0.1, 0.15) is 33.6 Å². The van der Waals surface area contributed by atoms with E-state index in [0.29, 0.717) is 26.1 Å². The quantitative estimate of drug-likeness (QED) is 0.667. The van der Waals surface area contributed by atoms with E-state index in [1.54, 1.807) is 20.8 Å². The number of carbonyl (C=O) groups is 2. The van der Waals surface area contributed by atoms with E-state index in [-0.39, 0.29) is 0 Å². The summed E-state index contributed by atoms with van der Waals surface area (Å²) >= 11 is 0. The van der Waals surface area contributed by atoms with Gasteiger partial charge in [-0.15, -0.1) is 0 Å². The summed E-state index contributed by atoms with van der Waals surface area (Å²) in [7, 11) is 0. The SMILES string of the molecule is CC(C)(C)[C@@H](NC(=O)C1(N)CCOCC1)C(=O)O. The standard InChI is InChI=1S/C12H22N2O4/c1-11(2,3)8(9(15)16)14-10(17)12(13)4-6-18-7-5-12/h8H,4-7,13H2,1-3H3,(H,14,17)(H,15,16)/t8-/m0/s1. The van der Waals surface area contributed by atoms with Gasteiger partial charge in [0.2, 0.25) is 5.91 Å². The Balaban J connectivity index is 2.75. The van der Waals surface area contributed by atoms with Gasteiger partial charge in [-0.1, -0.05) is 20.8 Å². The molecule has 0 aromatic carbocycles. The highest BCUT2D eigenvalue weighted by molar-refractivity contribution is 5.90. The molecule has 1 heterocycles. The fourth-order valence-corrected chi connectivity index (χ4v) is 1.89. The predicted molar refractivity (Wildman–Crippen MR) is 66.0 cm³/mol. The second kappa shape index (κ2) is 5.24. The maximum atomic E-state index is 12.1. The molecule has 1 aliphatic rings. The minimum Gasteiger partial charge on any atom is -0.480 e. The van der Waals surface area contributed by atoms with Crippen molar-refractivity contribution in [3.8, 4) is 0 Å². The molecule has 1 saturated heterocycles. The predicted octanol–water partition coefficient (Wildman–Crippen LogP) is 0.110. The number of nitrogens with one attached hydrogen (secondary N) is 1. The van der Waals surface area contributed by atoms with Gasteiger partial charge in [0.1, 0.15) is 6.04 Å². The molecule has 1 aliphatic heterocycles. The molecule has 0 saturated carbocycles. The van der Waals surface area contributed by atoms with E-state index in [0.717, 1.165) is 0 Å². The van der Waals surface area contributed by atoms with Crippen LogP contribution < -0.4 is 11.1 Å². The Hall–Kier alpha value is -1.14. The van der Waals surface area contributed by atoms with Crippen LogP contribution in [0.2, 0.25) is 0 Å². The lowest BCUT2D eigenvalue weighted by atomic mass is 9.84. The maximum absolute atomic E-state index is 12.1. The molecule has 18 heavy (non-hydrogen) atoms. The highest BCUT2D eigenvalue weighted by atomic mass is 16.5. The van der Waals surface area contributed by atoms with E-state index in [1.165, 1.54) is 0 Å². The van der Waals surface area contributed by atoms with Crippen LogP contribution in [0.25, 0.3) is 0 Å². The molecular formula is C12H22N2O4. The summed E-state index contributed by atoms with van der Waals surface area (Å²) in [6.45, 7) is 6.14. The zero-order chi connectivity index (χ0) is 14.0. The number of carbonyl (C=O) groups excluding carboxylic acids is 1. The van der Waals surface area contributed by atoms with E-state index in [2.05, 4.69) is 5.32 Å². The van der Waals surface area contributed by atoms with Crippen LogP contribution in [-0.2, 0) is 14.3 Å². The first-order valence-electron chi connectivity index (χ1n) is 6.07. The molecule has 1 fully saturated rings. The number of hydrogen-bond acceptors (Lipinski definition) is 4. The van der Waals surface area contributed by atoms with Crippen LogP contribution in [0, 0.1) is 5.41 Å². The molecule has 1 amide bonds. The Morgan fingerprint density at radius 1 is 1.33 bits per heavy atom. The zero-order valence-corrected chi connectivity index (χ0v) is 11.2. The number of nitrogens with two attached hydrogens (primary N) is 1. The van der Waals surface area contributed by atoms with Gasteiger partial charge in [-0.2, -0.15) is 0 Å². The van der Waals surface area contributed by atoms with Crippen LogP contribution in [0.15, 0.2) is 0 Å². The van der Waals surface area contributed by atoms with Crippen molar-refractivity contribution in [2.24, 2.45) is 11.1 Å². The summed E-state index contributed by atoms with van der Waals surface area (Å²) in [5, 5.41) is 11.7. The largest absolute Gasteiger partial charge is 0.480 e. The molecule has 104 valence electrons. The van der Waals surface area contributed by atoms with Gasteiger partial charge >= 0.3 is 5.97 Å². The van der Waals surface area contributed by atoms with Gasteiger partial charge < -0.3 is 20.9 Å². The first-order valence-corrected chi connectivity index (χ1v) is 6.07. The molecule has 1 rings (SSSR count). The summed E-state index contributed by atoms with van der Waals surface area (Å²) in [6, 6.07) is -0.951. The number of amides is 1. The van der Waals surface area contributed by atoms with Crippen LogP contribution in [0.5, 0.6) is 0 Å². The minimum absolute atomic E-state index is 0.409. The van der Waals surface area contributed by atoms with Gasteiger partial charge in [0.15, 0.2) is 0 Å². The van der Waals surface area contributed by atoms with Crippen LogP contribution in [-0.4, -0.2) is 41.8 Å². The molecule has 6 heteroatoms. The Kier molecular flexibility index (Phi) is 4.34. The molecule has 0 radical (unpaired) electrons. The van der Waals surface area contributed by atoms with Crippen molar-refractivity contribution in [2.45, 2.75) is 45.2 Å². The van der Waals surface area contributed by atoms with Gasteiger partial charge in [-0.25, -0.2) is 4.79 Å². The third kappa shape index (κ3) is 3.43. The second-order valence-corrected chi connectivity index (χ2v) is 5.88. The highest BCUT2D eigenvalue weighted by Gasteiger charge is 2.40. The Bertz CT molecular complexity index is 329. The molecular weight excluding hydrogens is 236 g/mol. The second-order valence-electron chi connectivity index (χ2n) is 5.88. The molecule has 0 unspecified atom stereocenters. The smallest absolute Gasteiger partial charge is 0.326 e. The van der Waals surface area contributed by atoms with E-state index >= 15 is 0 Å². The maximum Gasteiger partial charge on any atom is 0.326 e. The summed E-state index contributed by atoms with van der Waals surface area (Å²) in [5.74, 6) is -1.46. The van der Waals surface area contributed by atoms with E-state index in [1.807, 2.05) is 0 Å². The number of aliphatic carboxylic acids is 1. The van der Waals surface area contributed by atoms with Crippen LogP contribution >= 0.6 is 0 Å². The normalized spacial score (nSPS) is 21.1. The fraction of sp³-hybridized carbons (Fsp3) is 0.833. The van der Waals surface area contributed by atoms with E-state index in [9.17, 15) is 9.59 Å². The topological polar surface area (TPSA) is 102 Å². The van der Waals surface area contributed by atoms with Crippen LogP contribution in [0.3, 0.4) is 0 Å². The summed E-state index contributed by atoms with van der Waals surface area (Å²) < 4.78 is 5.16. The average molecular weight is 258 g/mol. The molecule has 0 aromatic rings. The number of carboxylic acid groups (broad SMARTS) is 1. The molecule has 1 atom stereocenters. The highest BCUT2D eigenvalue weighted by Crippen LogP contribution is 2.22. The van der Waals surface area contributed by atoms with Crippen molar-refractivity contribution < 1.29 is 19.4 Å². The van der Waals surface area contributed by atoms with Gasteiger partial charge in [-0.05, 0) is 18.3 Å². The molecule has 0 spiro atoms. The Morgan fingerprint density at radius 3 is 2.22 bits per heavy atom. The third-order valence-corrected chi connectivity index (χ3v) is 3.23. The molecule has 0 bridgehead atoms. The van der Waals surface area contributed by atoms with Gasteiger partial charge in [0.05, 0.1) is 5.54 Å². The first-order chi connectivity index (χ1) is 8.17. The fourth-order valence-electron chi connectivity index (χ4n) is 1.89. The molecule has 6 nitrogen and oxygen atoms in total. The van der Waals surface area contributed by atoms with Crippen molar-refractivity contribution in [1.29, 1.82) is 0 Å². The van der Waals surface area contributed by atoms with Crippen molar-refractivity contribution in [2.75, 3.05) is 13.2 Å². The Labute approximate surface area is 107 Å². The number of carboxylic acids is 1. The van der Waals surface area contributed by atoms with Crippen LogP contribution in [0.4, 0.5) is 0 Å². The van der Waals surface area contributed by atoms with E-state index < -0.39 is 28.9 Å². The third-order valence-electron chi connectivity index (χ3n) is 3.23. The molecule has 0 aromatic heterocycles. The monoisotopic (exact) mass is 258 g/mol. The molecule has 0 aliphatic carbocycles. The lowest BCUT2D eigenvalue weighted by Gasteiger charge is -2.35. The average Bonchev–Trinajstić information content (AvgIpc) is 2.24. The summed E-state index contributed by atoms with van der Waals surface area (Å²) in [5.41, 5.74) is 4.43. The number of ether oxygens (including phenoxy) is 1. The van der Waals surface area contributed by atoms with E-state index in [4.69, 9.17) is 15.6 Å². The van der Waals surface area contributed by atoms with Crippen molar-refractivity contribution in [3.05, 3.63) is 0 Å². The van der Waals surface area contributed by atoms with Gasteiger partial charge in [-0.3, -0.25) is 4.79 Å². The van der Waals surface area contributed by atoms with Crippen molar-refractivity contribution in [1.82, 2.24) is 5.32 Å². The Morgan fingerprint density at radius 2 is 1.83 bits per heavy atom.